The van der Waals surface area contributed by atoms with Gasteiger partial charge in [-0.25, -0.2) is 10.9 Å². The molecule has 2 heterocycles. The Hall–Kier alpha value is -1.32. The largest absolute Gasteiger partial charge is 0.507 e. The van der Waals surface area contributed by atoms with Crippen LogP contribution in [0.15, 0.2) is 12.1 Å². The van der Waals surface area contributed by atoms with Crippen LogP contribution in [-0.4, -0.2) is 87.0 Å². The van der Waals surface area contributed by atoms with Crippen molar-refractivity contribution in [1.29, 1.82) is 0 Å². The molecule has 0 amide bonds. The van der Waals surface area contributed by atoms with Crippen molar-refractivity contribution in [3.8, 4) is 11.5 Å². The summed E-state index contributed by atoms with van der Waals surface area (Å²) in [6, 6.07) is 3.86. The van der Waals surface area contributed by atoms with Crippen molar-refractivity contribution in [3.05, 3.63) is 23.3 Å². The van der Waals surface area contributed by atoms with Crippen molar-refractivity contribution < 1.29 is 9.84 Å². The van der Waals surface area contributed by atoms with Crippen LogP contribution in [0.1, 0.15) is 11.1 Å². The van der Waals surface area contributed by atoms with Crippen molar-refractivity contribution in [2.45, 2.75) is 31.9 Å². The van der Waals surface area contributed by atoms with Gasteiger partial charge in [-0.3, -0.25) is 9.80 Å². The number of phenolic OH excluding ortho intramolecular Hbond substituents is 1. The summed E-state index contributed by atoms with van der Waals surface area (Å²) in [5.41, 5.74) is 8.42. The number of likely N-dealkylation sites (tertiary alicyclic amines) is 1. The van der Waals surface area contributed by atoms with E-state index in [4.69, 9.17) is 12.6 Å². The Bertz CT molecular complexity index is 611. The van der Waals surface area contributed by atoms with Crippen LogP contribution in [0.2, 0.25) is 6.32 Å². The van der Waals surface area contributed by atoms with Gasteiger partial charge in [0.25, 0.3) is 0 Å². The van der Waals surface area contributed by atoms with Crippen molar-refractivity contribution in [1.82, 2.24) is 25.8 Å². The van der Waals surface area contributed by atoms with Crippen LogP contribution >= 0.6 is 0 Å². The maximum atomic E-state index is 10.3. The van der Waals surface area contributed by atoms with Gasteiger partial charge < -0.3 is 9.84 Å². The third-order valence-electron chi connectivity index (χ3n) is 5.22. The molecule has 0 aliphatic carbocycles. The second kappa shape index (κ2) is 8.58. The molecule has 2 aliphatic rings. The van der Waals surface area contributed by atoms with Crippen LogP contribution < -0.4 is 15.6 Å². The molecule has 142 valence electrons. The van der Waals surface area contributed by atoms with Gasteiger partial charge in [0.05, 0.1) is 14.0 Å². The van der Waals surface area contributed by atoms with E-state index in [1.807, 2.05) is 31.2 Å². The van der Waals surface area contributed by atoms with Gasteiger partial charge in [0.1, 0.15) is 17.6 Å². The van der Waals surface area contributed by atoms with E-state index >= 15 is 0 Å². The highest BCUT2D eigenvalue weighted by molar-refractivity contribution is 6.08. The molecule has 0 spiro atoms. The number of nitrogens with one attached hydrogen (secondary N) is 2. The molecule has 0 saturated carbocycles. The summed E-state index contributed by atoms with van der Waals surface area (Å²) in [4.78, 5) is 4.71. The first kappa shape index (κ1) is 19.4. The zero-order chi connectivity index (χ0) is 18.7. The van der Waals surface area contributed by atoms with E-state index in [0.29, 0.717) is 18.5 Å². The number of benzene rings is 1. The van der Waals surface area contributed by atoms with Crippen molar-refractivity contribution in [3.63, 3.8) is 0 Å². The molecule has 3 rings (SSSR count). The minimum Gasteiger partial charge on any atom is -0.507 e. The summed E-state index contributed by atoms with van der Waals surface area (Å²) in [5.74, 6) is 1.07. The van der Waals surface area contributed by atoms with E-state index in [9.17, 15) is 5.11 Å². The van der Waals surface area contributed by atoms with E-state index in [1.165, 1.54) is 0 Å². The minimum absolute atomic E-state index is 0.167. The third-order valence-corrected chi connectivity index (χ3v) is 5.22. The molecular formula is C18H30BN5O2. The minimum atomic E-state index is 0.167. The van der Waals surface area contributed by atoms with E-state index in [2.05, 4.69) is 27.7 Å². The SMILES string of the molecule is [B]CCc1ccc(OC2CN(CC3NN(C)NCCN3C)C2)c(C)c1O. The summed E-state index contributed by atoms with van der Waals surface area (Å²) in [5, 5.41) is 12.2. The maximum absolute atomic E-state index is 10.3. The Morgan fingerprint density at radius 2 is 2.08 bits per heavy atom. The van der Waals surface area contributed by atoms with E-state index < -0.39 is 0 Å². The lowest BCUT2D eigenvalue weighted by Gasteiger charge is -2.42. The standard InChI is InChI=1S/C18H30BN5O2/c1-13-16(5-4-14(6-7-19)18(13)25)26-15-10-24(11-15)12-17-21-23(3)20-8-9-22(17)2/h4-5,15,17,20-21,25H,6-12H2,1-3H3. The molecule has 2 radical (unpaired) electrons. The summed E-state index contributed by atoms with van der Waals surface area (Å²) >= 11 is 0. The Labute approximate surface area is 157 Å². The number of rotatable bonds is 6. The van der Waals surface area contributed by atoms with Crippen LogP contribution in [0.3, 0.4) is 0 Å². The van der Waals surface area contributed by atoms with Gasteiger partial charge in [-0.2, -0.15) is 5.12 Å². The Morgan fingerprint density at radius 3 is 2.81 bits per heavy atom. The lowest BCUT2D eigenvalue weighted by Crippen LogP contribution is -2.61. The zero-order valence-corrected chi connectivity index (χ0v) is 16.0. The topological polar surface area (TPSA) is 63.2 Å². The van der Waals surface area contributed by atoms with Gasteiger partial charge in [0, 0.05) is 45.3 Å². The molecule has 1 aromatic carbocycles. The Morgan fingerprint density at radius 1 is 1.31 bits per heavy atom. The number of likely N-dealkylation sites (N-methyl/N-ethyl adjacent to an activating group) is 1. The summed E-state index contributed by atoms with van der Waals surface area (Å²) in [6.45, 7) is 6.58. The quantitative estimate of drug-likeness (QED) is 0.623. The maximum Gasteiger partial charge on any atom is 0.126 e. The monoisotopic (exact) mass is 359 g/mol. The Kier molecular flexibility index (Phi) is 6.42. The van der Waals surface area contributed by atoms with Gasteiger partial charge in [-0.15, -0.1) is 0 Å². The first-order valence-corrected chi connectivity index (χ1v) is 9.32. The normalized spacial score (nSPS) is 23.6. The van der Waals surface area contributed by atoms with Gasteiger partial charge in [0.15, 0.2) is 0 Å². The molecule has 1 atom stereocenters. The van der Waals surface area contributed by atoms with Crippen molar-refractivity contribution >= 4 is 7.85 Å². The third kappa shape index (κ3) is 4.50. The number of hydrogen-bond acceptors (Lipinski definition) is 7. The fourth-order valence-corrected chi connectivity index (χ4v) is 3.49. The fraction of sp³-hybridized carbons (Fsp3) is 0.667. The highest BCUT2D eigenvalue weighted by atomic mass is 16.5. The number of aromatic hydroxyl groups is 1. The molecule has 0 aromatic heterocycles. The predicted molar refractivity (Wildman–Crippen MR) is 103 cm³/mol. The number of nitrogens with zero attached hydrogens (tertiary/aromatic N) is 3. The second-order valence-corrected chi connectivity index (χ2v) is 7.29. The van der Waals surface area contributed by atoms with Crippen LogP contribution in [0.5, 0.6) is 11.5 Å². The van der Waals surface area contributed by atoms with Gasteiger partial charge in [0.2, 0.25) is 0 Å². The highest BCUT2D eigenvalue weighted by Crippen LogP contribution is 2.32. The summed E-state index contributed by atoms with van der Waals surface area (Å²) in [7, 11) is 9.72. The molecule has 26 heavy (non-hydrogen) atoms. The average molecular weight is 359 g/mol. The van der Waals surface area contributed by atoms with Gasteiger partial charge in [-0.05, 0) is 32.0 Å². The second-order valence-electron chi connectivity index (χ2n) is 7.29. The summed E-state index contributed by atoms with van der Waals surface area (Å²) in [6.07, 6.45) is 1.65. The molecule has 8 heteroatoms. The first-order chi connectivity index (χ1) is 12.5. The number of aryl methyl sites for hydroxylation is 1. The molecule has 7 nitrogen and oxygen atoms in total. The van der Waals surface area contributed by atoms with Crippen LogP contribution in [0.25, 0.3) is 0 Å². The molecule has 1 aromatic rings. The van der Waals surface area contributed by atoms with Gasteiger partial charge in [-0.1, -0.05) is 12.4 Å². The molecule has 2 saturated heterocycles. The van der Waals surface area contributed by atoms with Crippen LogP contribution in [0.4, 0.5) is 0 Å². The first-order valence-electron chi connectivity index (χ1n) is 9.32. The van der Waals surface area contributed by atoms with Crippen LogP contribution in [-0.2, 0) is 6.42 Å². The molecule has 3 N–H and O–H groups in total. The van der Waals surface area contributed by atoms with E-state index in [1.54, 1.807) is 0 Å². The lowest BCUT2D eigenvalue weighted by molar-refractivity contribution is -0.0115. The average Bonchev–Trinajstić information content (AvgIpc) is 2.73. The van der Waals surface area contributed by atoms with Crippen molar-refractivity contribution in [2.24, 2.45) is 0 Å². The smallest absolute Gasteiger partial charge is 0.126 e. The highest BCUT2D eigenvalue weighted by Gasteiger charge is 2.32. The Balaban J connectivity index is 1.50. The van der Waals surface area contributed by atoms with E-state index in [0.717, 1.165) is 49.6 Å². The molecule has 0 bridgehead atoms. The van der Waals surface area contributed by atoms with E-state index in [-0.39, 0.29) is 12.3 Å². The molecular weight excluding hydrogens is 329 g/mol. The number of phenols is 1. The lowest BCUT2D eigenvalue weighted by atomic mass is 9.95. The molecule has 2 fully saturated rings. The number of hydrazine groups is 2. The van der Waals surface area contributed by atoms with Crippen molar-refractivity contribution in [2.75, 3.05) is 46.8 Å². The number of ether oxygens (including phenoxy) is 1. The van der Waals surface area contributed by atoms with Gasteiger partial charge >= 0.3 is 0 Å². The summed E-state index contributed by atoms with van der Waals surface area (Å²) < 4.78 is 6.10. The molecule has 2 aliphatic heterocycles. The number of hydrogen-bond donors (Lipinski definition) is 3. The fourth-order valence-electron chi connectivity index (χ4n) is 3.49. The van der Waals surface area contributed by atoms with Crippen LogP contribution in [0, 0.1) is 6.92 Å². The predicted octanol–water partition coefficient (Wildman–Crippen LogP) is 0.105. The zero-order valence-electron chi connectivity index (χ0n) is 16.0. The molecule has 1 unspecified atom stereocenters.